The Morgan fingerprint density at radius 3 is 2.15 bits per heavy atom. The van der Waals surface area contributed by atoms with Gasteiger partial charge in [-0.25, -0.2) is 8.42 Å². The first-order valence-electron chi connectivity index (χ1n) is 15.5. The summed E-state index contributed by atoms with van der Waals surface area (Å²) in [5.41, 5.74) is 1.26. The highest BCUT2D eigenvalue weighted by Gasteiger charge is 2.33. The van der Waals surface area contributed by atoms with Crippen LogP contribution in [0.25, 0.3) is 11.5 Å². The van der Waals surface area contributed by atoms with E-state index in [4.69, 9.17) is 4.42 Å². The molecule has 0 saturated heterocycles. The summed E-state index contributed by atoms with van der Waals surface area (Å²) in [4.78, 5) is 39.4. The van der Waals surface area contributed by atoms with E-state index in [1.54, 1.807) is 31.2 Å². The number of nitrogens with zero attached hydrogens (tertiary/aromatic N) is 2. The van der Waals surface area contributed by atoms with Crippen LogP contribution in [0, 0.1) is 18.3 Å². The molecule has 4 atom stereocenters. The lowest BCUT2D eigenvalue weighted by Crippen LogP contribution is -2.55. The highest BCUT2D eigenvalue weighted by atomic mass is 32.2. The van der Waals surface area contributed by atoms with Crippen LogP contribution in [-0.4, -0.2) is 66.1 Å². The molecular formula is C33H46N6O7S. The number of benzene rings is 2. The lowest BCUT2D eigenvalue weighted by molar-refractivity contribution is -0.131. The molecule has 0 aliphatic heterocycles. The van der Waals surface area contributed by atoms with Crippen LogP contribution in [0.3, 0.4) is 0 Å². The topological polar surface area (TPSA) is 193 Å². The van der Waals surface area contributed by atoms with E-state index >= 15 is 0 Å². The molecule has 3 amide bonds. The zero-order valence-corrected chi connectivity index (χ0v) is 28.7. The molecule has 0 aliphatic carbocycles. The second-order valence-electron chi connectivity index (χ2n) is 13.3. The number of carbonyl (C=O) groups is 3. The van der Waals surface area contributed by atoms with E-state index < -0.39 is 58.4 Å². The molecule has 0 spiro atoms. The molecule has 3 aromatic rings. The lowest BCUT2D eigenvalue weighted by atomic mass is 9.97. The third-order valence-electron chi connectivity index (χ3n) is 7.05. The van der Waals surface area contributed by atoms with Crippen LogP contribution >= 0.6 is 0 Å². The number of carbonyl (C=O) groups excluding carboxylic acids is 3. The van der Waals surface area contributed by atoms with Gasteiger partial charge >= 0.3 is 0 Å². The highest BCUT2D eigenvalue weighted by molar-refractivity contribution is 7.89. The van der Waals surface area contributed by atoms with E-state index in [0.717, 1.165) is 5.56 Å². The van der Waals surface area contributed by atoms with Crippen molar-refractivity contribution in [2.24, 2.45) is 11.3 Å². The predicted molar refractivity (Wildman–Crippen MR) is 176 cm³/mol. The Bertz CT molecular complexity index is 1600. The Hall–Kier alpha value is -4.14. The molecule has 1 unspecified atom stereocenters. The summed E-state index contributed by atoms with van der Waals surface area (Å²) in [6.07, 6.45) is -1.52. The number of rotatable bonds is 15. The van der Waals surface area contributed by atoms with E-state index in [1.165, 1.54) is 19.1 Å². The maximum atomic E-state index is 13.4. The molecule has 0 fully saturated rings. The molecular weight excluding hydrogens is 624 g/mol. The number of hydrogen-bond acceptors (Lipinski definition) is 9. The third-order valence-corrected chi connectivity index (χ3v) is 8.54. The Labute approximate surface area is 276 Å². The van der Waals surface area contributed by atoms with Crippen molar-refractivity contribution in [1.29, 1.82) is 0 Å². The predicted octanol–water partition coefficient (Wildman–Crippen LogP) is 3.01. The van der Waals surface area contributed by atoms with Gasteiger partial charge in [0.1, 0.15) is 12.1 Å². The average molecular weight is 671 g/mol. The first-order chi connectivity index (χ1) is 21.9. The van der Waals surface area contributed by atoms with E-state index in [2.05, 4.69) is 30.9 Å². The molecule has 47 heavy (non-hydrogen) atoms. The van der Waals surface area contributed by atoms with Crippen molar-refractivity contribution >= 4 is 27.7 Å². The van der Waals surface area contributed by atoms with Gasteiger partial charge in [-0.15, -0.1) is 10.2 Å². The fourth-order valence-corrected chi connectivity index (χ4v) is 5.66. The van der Waals surface area contributed by atoms with Crippen molar-refractivity contribution in [3.8, 4) is 11.5 Å². The molecule has 14 heteroatoms. The molecule has 1 aromatic heterocycles. The molecule has 3 rings (SSSR count). The van der Waals surface area contributed by atoms with Gasteiger partial charge in [0.2, 0.25) is 39.5 Å². The van der Waals surface area contributed by atoms with Crippen LogP contribution in [0.2, 0.25) is 0 Å². The van der Waals surface area contributed by atoms with Crippen molar-refractivity contribution < 1.29 is 32.3 Å². The Morgan fingerprint density at radius 2 is 1.55 bits per heavy atom. The van der Waals surface area contributed by atoms with Crippen LogP contribution < -0.4 is 20.7 Å². The van der Waals surface area contributed by atoms with Crippen molar-refractivity contribution in [2.75, 3.05) is 6.54 Å². The molecule has 5 N–H and O–H groups in total. The number of aliphatic hydroxyl groups is 1. The van der Waals surface area contributed by atoms with Crippen molar-refractivity contribution in [1.82, 2.24) is 30.9 Å². The van der Waals surface area contributed by atoms with E-state index in [9.17, 15) is 27.9 Å². The summed E-state index contributed by atoms with van der Waals surface area (Å²) in [5, 5.41) is 27.1. The molecule has 256 valence electrons. The van der Waals surface area contributed by atoms with Crippen LogP contribution in [0.1, 0.15) is 71.9 Å². The second kappa shape index (κ2) is 16.1. The standard InChI is InChI=1S/C33H46N6O7S/c1-20(2)17-25(28(41)32-38-37-31(46-32)23-11-9-8-10-12-23)36-29(42)22(4)35-30(43)26(18-27(40)34-19-33(5,6)7)39-47(44,45)24-15-13-21(3)14-16-24/h8-16,20,22,25-26,28,39,41H,17-19H2,1-7H3,(H,34,40)(H,35,43)(H,36,42)/t22-,25-,26-,28?/m0/s1. The van der Waals surface area contributed by atoms with Gasteiger partial charge in [0.05, 0.1) is 17.4 Å². The summed E-state index contributed by atoms with van der Waals surface area (Å²) in [7, 11) is -4.21. The van der Waals surface area contributed by atoms with Gasteiger partial charge in [0, 0.05) is 12.1 Å². The van der Waals surface area contributed by atoms with Crippen molar-refractivity contribution in [3.05, 3.63) is 66.1 Å². The smallest absolute Gasteiger partial charge is 0.247 e. The molecule has 1 heterocycles. The van der Waals surface area contributed by atoms with Gasteiger partial charge in [-0.3, -0.25) is 14.4 Å². The number of aromatic nitrogens is 2. The summed E-state index contributed by atoms with van der Waals surface area (Å²) in [6.45, 7) is 13.1. The zero-order valence-electron chi connectivity index (χ0n) is 27.9. The van der Waals surface area contributed by atoms with E-state index in [0.29, 0.717) is 18.5 Å². The van der Waals surface area contributed by atoms with Crippen LogP contribution in [0.5, 0.6) is 0 Å². The minimum absolute atomic E-state index is 0.0449. The van der Waals surface area contributed by atoms with Gasteiger partial charge < -0.3 is 25.5 Å². The van der Waals surface area contributed by atoms with Gasteiger partial charge in [-0.05, 0) is 55.9 Å². The second-order valence-corrected chi connectivity index (χ2v) is 15.0. The minimum atomic E-state index is -4.21. The van der Waals surface area contributed by atoms with Gasteiger partial charge in [0.15, 0.2) is 6.10 Å². The fourth-order valence-electron chi connectivity index (χ4n) is 4.47. The summed E-state index contributed by atoms with van der Waals surface area (Å²) in [6, 6.07) is 11.5. The van der Waals surface area contributed by atoms with E-state index in [1.807, 2.05) is 52.8 Å². The number of aryl methyl sites for hydroxylation is 1. The summed E-state index contributed by atoms with van der Waals surface area (Å²) >= 11 is 0. The number of nitrogens with one attached hydrogen (secondary N) is 4. The first kappa shape index (κ1) is 37.3. The van der Waals surface area contributed by atoms with Crippen molar-refractivity contribution in [3.63, 3.8) is 0 Å². The Kier molecular flexibility index (Phi) is 12.8. The lowest BCUT2D eigenvalue weighted by Gasteiger charge is -2.26. The maximum Gasteiger partial charge on any atom is 0.247 e. The summed E-state index contributed by atoms with van der Waals surface area (Å²) < 4.78 is 34.4. The molecule has 0 aliphatic rings. The van der Waals surface area contributed by atoms with Gasteiger partial charge in [-0.2, -0.15) is 4.72 Å². The minimum Gasteiger partial charge on any atom is -0.418 e. The molecule has 0 saturated carbocycles. The van der Waals surface area contributed by atoms with Crippen molar-refractivity contribution in [2.45, 2.75) is 90.4 Å². The summed E-state index contributed by atoms with van der Waals surface area (Å²) in [5.74, 6) is -1.90. The SMILES string of the molecule is Cc1ccc(S(=O)(=O)N[C@@H](CC(=O)NCC(C)(C)C)C(=O)N[C@@H](C)C(=O)N[C@@H](CC(C)C)C(O)c2nnc(-c3ccccc3)o2)cc1. The van der Waals surface area contributed by atoms with Gasteiger partial charge in [0.25, 0.3) is 0 Å². The number of aliphatic hydroxyl groups excluding tert-OH is 1. The maximum absolute atomic E-state index is 13.4. The highest BCUT2D eigenvalue weighted by Crippen LogP contribution is 2.25. The quantitative estimate of drug-likeness (QED) is 0.162. The average Bonchev–Trinajstić information content (AvgIpc) is 3.49. The normalized spacial score (nSPS) is 14.6. The molecule has 13 nitrogen and oxygen atoms in total. The number of sulfonamides is 1. The van der Waals surface area contributed by atoms with E-state index in [-0.39, 0.29) is 28.0 Å². The van der Waals surface area contributed by atoms with Crippen LogP contribution in [0.15, 0.2) is 63.9 Å². The Balaban J connectivity index is 1.75. The third kappa shape index (κ3) is 11.6. The molecule has 0 bridgehead atoms. The molecule has 0 radical (unpaired) electrons. The first-order valence-corrected chi connectivity index (χ1v) is 17.0. The number of amides is 3. The largest absolute Gasteiger partial charge is 0.418 e. The Morgan fingerprint density at radius 1 is 0.915 bits per heavy atom. The monoisotopic (exact) mass is 670 g/mol. The number of hydrogen-bond donors (Lipinski definition) is 5. The van der Waals surface area contributed by atoms with Crippen LogP contribution in [0.4, 0.5) is 0 Å². The zero-order chi connectivity index (χ0) is 34.9. The fraction of sp³-hybridized carbons (Fsp3) is 0.485. The van der Waals surface area contributed by atoms with Gasteiger partial charge in [-0.1, -0.05) is 70.5 Å². The molecule has 2 aromatic carbocycles. The van der Waals surface area contributed by atoms with Crippen LogP contribution in [-0.2, 0) is 24.4 Å².